The third kappa shape index (κ3) is 5.17. The highest BCUT2D eigenvalue weighted by Gasteiger charge is 2.13. The Kier molecular flexibility index (Phi) is 6.56. The summed E-state index contributed by atoms with van der Waals surface area (Å²) in [5.74, 6) is 0.186. The molecule has 29 heavy (non-hydrogen) atoms. The molecule has 0 bridgehead atoms. The summed E-state index contributed by atoms with van der Waals surface area (Å²) < 4.78 is 0. The van der Waals surface area contributed by atoms with Crippen LogP contribution in [0.15, 0.2) is 51.9 Å². The molecule has 2 aliphatic rings. The minimum atomic E-state index is 0.0904. The van der Waals surface area contributed by atoms with Gasteiger partial charge < -0.3 is 20.9 Å². The standard InChI is InChI=1S/C21H27N7O/c1-14-10-17(28-8-6-23-7-9-28)4-5-19(14)27-21(25-13-29)18(22)11-20-16(3)26-15(2)12-24-20/h4-5,10-13,22-24H,6-9H2,1-3H3,(H,25,27,29)/b20-11-,22-18?. The van der Waals surface area contributed by atoms with Gasteiger partial charge >= 0.3 is 0 Å². The number of anilines is 1. The number of rotatable bonds is 5. The van der Waals surface area contributed by atoms with E-state index in [9.17, 15) is 4.79 Å². The van der Waals surface area contributed by atoms with E-state index in [0.717, 1.165) is 48.8 Å². The van der Waals surface area contributed by atoms with E-state index < -0.39 is 0 Å². The topological polar surface area (TPSA) is 105 Å². The lowest BCUT2D eigenvalue weighted by atomic mass is 10.1. The molecule has 0 saturated carbocycles. The zero-order valence-electron chi connectivity index (χ0n) is 17.0. The molecular formula is C21H27N7O. The van der Waals surface area contributed by atoms with Gasteiger partial charge in [-0.05, 0) is 50.6 Å². The maximum Gasteiger partial charge on any atom is 0.212 e. The Balaban J connectivity index is 1.84. The number of aryl methyl sites for hydroxylation is 1. The van der Waals surface area contributed by atoms with Gasteiger partial charge in [0.1, 0.15) is 0 Å². The number of amides is 1. The number of aliphatic imine (C=N–C) groups is 2. The van der Waals surface area contributed by atoms with Crippen LogP contribution in [-0.4, -0.2) is 49.8 Å². The molecular weight excluding hydrogens is 366 g/mol. The van der Waals surface area contributed by atoms with Gasteiger partial charge in [-0.3, -0.25) is 15.2 Å². The highest BCUT2D eigenvalue weighted by Crippen LogP contribution is 2.25. The third-order valence-electron chi connectivity index (χ3n) is 4.80. The number of carbonyl (C=O) groups excluding carboxylic acids is 1. The van der Waals surface area contributed by atoms with Gasteiger partial charge in [0.2, 0.25) is 6.41 Å². The minimum Gasteiger partial charge on any atom is -0.369 e. The lowest BCUT2D eigenvalue weighted by Gasteiger charge is -2.29. The largest absolute Gasteiger partial charge is 0.369 e. The summed E-state index contributed by atoms with van der Waals surface area (Å²) >= 11 is 0. The first kappa shape index (κ1) is 20.5. The van der Waals surface area contributed by atoms with Crippen molar-refractivity contribution in [1.82, 2.24) is 16.0 Å². The van der Waals surface area contributed by atoms with Crippen LogP contribution in [0.3, 0.4) is 0 Å². The number of hydrogen-bond acceptors (Lipinski definition) is 7. The van der Waals surface area contributed by atoms with Crippen molar-refractivity contribution in [2.24, 2.45) is 9.98 Å². The van der Waals surface area contributed by atoms with Crippen LogP contribution in [0.4, 0.5) is 11.4 Å². The molecule has 8 nitrogen and oxygen atoms in total. The lowest BCUT2D eigenvalue weighted by molar-refractivity contribution is -0.108. The second-order valence-corrected chi connectivity index (χ2v) is 7.03. The molecule has 0 radical (unpaired) electrons. The summed E-state index contributed by atoms with van der Waals surface area (Å²) in [5, 5.41) is 17.4. The van der Waals surface area contributed by atoms with Crippen molar-refractivity contribution in [3.05, 3.63) is 47.4 Å². The summed E-state index contributed by atoms with van der Waals surface area (Å²) in [4.78, 5) is 22.3. The molecule has 4 N–H and O–H groups in total. The number of carbonyl (C=O) groups is 1. The van der Waals surface area contributed by atoms with Crippen LogP contribution in [0.25, 0.3) is 0 Å². The van der Waals surface area contributed by atoms with Crippen LogP contribution in [0, 0.1) is 12.3 Å². The van der Waals surface area contributed by atoms with Crippen molar-refractivity contribution in [3.63, 3.8) is 0 Å². The molecule has 0 spiro atoms. The SMILES string of the molecule is CC1=CN/C(=C\C(=N)/C(=N/c2ccc(N3CCNCC3)cc2C)NC=O)C(C)=N1. The second kappa shape index (κ2) is 9.29. The third-order valence-corrected chi connectivity index (χ3v) is 4.80. The number of allylic oxidation sites excluding steroid dienone is 2. The molecule has 1 aromatic carbocycles. The van der Waals surface area contributed by atoms with E-state index in [1.165, 1.54) is 0 Å². The molecule has 8 heteroatoms. The van der Waals surface area contributed by atoms with Crippen molar-refractivity contribution in [3.8, 4) is 0 Å². The Hall–Kier alpha value is -3.26. The van der Waals surface area contributed by atoms with E-state index >= 15 is 0 Å². The Morgan fingerprint density at radius 3 is 2.69 bits per heavy atom. The smallest absolute Gasteiger partial charge is 0.212 e. The van der Waals surface area contributed by atoms with E-state index in [1.807, 2.05) is 32.9 Å². The van der Waals surface area contributed by atoms with E-state index in [-0.39, 0.29) is 11.5 Å². The maximum atomic E-state index is 11.1. The van der Waals surface area contributed by atoms with Crippen molar-refractivity contribution >= 4 is 35.0 Å². The summed E-state index contributed by atoms with van der Waals surface area (Å²) in [7, 11) is 0. The summed E-state index contributed by atoms with van der Waals surface area (Å²) in [6.07, 6.45) is 3.92. The Morgan fingerprint density at radius 1 is 1.28 bits per heavy atom. The Bertz CT molecular complexity index is 921. The first-order valence-corrected chi connectivity index (χ1v) is 9.62. The molecule has 0 unspecified atom stereocenters. The van der Waals surface area contributed by atoms with Crippen LogP contribution < -0.4 is 20.9 Å². The van der Waals surface area contributed by atoms with Crippen LogP contribution in [-0.2, 0) is 4.79 Å². The van der Waals surface area contributed by atoms with Gasteiger partial charge in [0.05, 0.1) is 28.5 Å². The maximum absolute atomic E-state index is 11.1. The van der Waals surface area contributed by atoms with E-state index in [0.29, 0.717) is 17.8 Å². The molecule has 0 aliphatic carbocycles. The molecule has 2 heterocycles. The van der Waals surface area contributed by atoms with Gasteiger partial charge in [0.15, 0.2) is 5.84 Å². The van der Waals surface area contributed by atoms with Crippen LogP contribution >= 0.6 is 0 Å². The van der Waals surface area contributed by atoms with Gasteiger partial charge in [-0.2, -0.15) is 0 Å². The average Bonchev–Trinajstić information content (AvgIpc) is 2.71. The fourth-order valence-corrected chi connectivity index (χ4v) is 3.23. The molecule has 0 atom stereocenters. The molecule has 3 rings (SSSR count). The summed E-state index contributed by atoms with van der Waals surface area (Å²) in [6, 6.07) is 6.06. The molecule has 1 fully saturated rings. The first-order chi connectivity index (χ1) is 14.0. The zero-order chi connectivity index (χ0) is 20.8. The van der Waals surface area contributed by atoms with Gasteiger partial charge in [0, 0.05) is 38.1 Å². The molecule has 2 aliphatic heterocycles. The molecule has 0 aromatic heterocycles. The lowest BCUT2D eigenvalue weighted by Crippen LogP contribution is -2.43. The van der Waals surface area contributed by atoms with Crippen LogP contribution in [0.5, 0.6) is 0 Å². The number of nitrogens with zero attached hydrogens (tertiary/aromatic N) is 3. The van der Waals surface area contributed by atoms with Crippen molar-refractivity contribution in [2.75, 3.05) is 31.1 Å². The van der Waals surface area contributed by atoms with Crippen molar-refractivity contribution in [2.45, 2.75) is 20.8 Å². The number of piperazine rings is 1. The predicted octanol–water partition coefficient (Wildman–Crippen LogP) is 2.01. The van der Waals surface area contributed by atoms with Crippen molar-refractivity contribution < 1.29 is 4.79 Å². The Labute approximate surface area is 171 Å². The number of benzene rings is 1. The quantitative estimate of drug-likeness (QED) is 0.349. The van der Waals surface area contributed by atoms with Gasteiger partial charge in [0.25, 0.3) is 0 Å². The summed E-state index contributed by atoms with van der Waals surface area (Å²) in [6.45, 7) is 9.64. The number of amidine groups is 1. The molecule has 152 valence electrons. The minimum absolute atomic E-state index is 0.0904. The van der Waals surface area contributed by atoms with Gasteiger partial charge in [-0.15, -0.1) is 0 Å². The summed E-state index contributed by atoms with van der Waals surface area (Å²) in [5.41, 5.74) is 5.29. The highest BCUT2D eigenvalue weighted by molar-refractivity contribution is 6.46. The average molecular weight is 393 g/mol. The molecule has 1 amide bonds. The van der Waals surface area contributed by atoms with E-state index in [4.69, 9.17) is 5.41 Å². The van der Waals surface area contributed by atoms with E-state index in [1.54, 1.807) is 12.3 Å². The normalized spacial score (nSPS) is 18.7. The van der Waals surface area contributed by atoms with Crippen LogP contribution in [0.2, 0.25) is 0 Å². The first-order valence-electron chi connectivity index (χ1n) is 9.62. The monoisotopic (exact) mass is 393 g/mol. The fraction of sp³-hybridized carbons (Fsp3) is 0.333. The zero-order valence-corrected chi connectivity index (χ0v) is 17.0. The molecule has 1 saturated heterocycles. The number of nitrogens with one attached hydrogen (secondary N) is 4. The highest BCUT2D eigenvalue weighted by atomic mass is 16.1. The van der Waals surface area contributed by atoms with Crippen LogP contribution in [0.1, 0.15) is 19.4 Å². The molecule has 1 aromatic rings. The Morgan fingerprint density at radius 2 is 2.03 bits per heavy atom. The van der Waals surface area contributed by atoms with Gasteiger partial charge in [-0.1, -0.05) is 0 Å². The number of hydrogen-bond donors (Lipinski definition) is 4. The van der Waals surface area contributed by atoms with E-state index in [2.05, 4.69) is 36.9 Å². The predicted molar refractivity (Wildman–Crippen MR) is 118 cm³/mol. The van der Waals surface area contributed by atoms with Crippen molar-refractivity contribution in [1.29, 1.82) is 5.41 Å². The second-order valence-electron chi connectivity index (χ2n) is 7.03. The fourth-order valence-electron chi connectivity index (χ4n) is 3.23. The van der Waals surface area contributed by atoms with Gasteiger partial charge in [-0.25, -0.2) is 4.99 Å².